The van der Waals surface area contributed by atoms with Gasteiger partial charge in [0.05, 0.1) is 5.41 Å². The third-order valence-corrected chi connectivity index (χ3v) is 2.44. The van der Waals surface area contributed by atoms with Gasteiger partial charge in [-0.25, -0.2) is 0 Å². The van der Waals surface area contributed by atoms with Gasteiger partial charge in [0.15, 0.2) is 0 Å². The molecule has 0 aliphatic rings. The molecule has 0 saturated carbocycles. The van der Waals surface area contributed by atoms with Crippen LogP contribution in [0.5, 0.6) is 0 Å². The molecule has 6 heteroatoms. The van der Waals surface area contributed by atoms with Crippen molar-refractivity contribution in [1.82, 2.24) is 15.1 Å². The highest BCUT2D eigenvalue weighted by molar-refractivity contribution is 5.85. The Labute approximate surface area is 106 Å². The lowest BCUT2D eigenvalue weighted by Crippen LogP contribution is -2.28. The van der Waals surface area contributed by atoms with Crippen LogP contribution < -0.4 is 5.73 Å². The molecule has 2 heterocycles. The minimum atomic E-state index is -0.298. The third-order valence-electron chi connectivity index (χ3n) is 2.44. The highest BCUT2D eigenvalue weighted by atomic mass is 35.5. The maximum absolute atomic E-state index is 5.65. The molecule has 0 spiro atoms. The normalized spacial score (nSPS) is 11.0. The molecule has 0 atom stereocenters. The van der Waals surface area contributed by atoms with Gasteiger partial charge in [0, 0.05) is 24.5 Å². The molecule has 92 valence electrons. The summed E-state index contributed by atoms with van der Waals surface area (Å²) in [5.74, 6) is 1.10. The Hall–Kier alpha value is -1.46. The molecule has 0 aliphatic heterocycles. The van der Waals surface area contributed by atoms with E-state index in [-0.39, 0.29) is 17.8 Å². The first-order valence-electron chi connectivity index (χ1n) is 5.08. The van der Waals surface area contributed by atoms with Gasteiger partial charge in [0.1, 0.15) is 0 Å². The van der Waals surface area contributed by atoms with Crippen molar-refractivity contribution >= 4 is 12.4 Å². The number of pyridine rings is 1. The van der Waals surface area contributed by atoms with E-state index in [1.807, 2.05) is 26.0 Å². The quantitative estimate of drug-likeness (QED) is 0.904. The number of nitrogens with two attached hydrogens (primary N) is 1. The van der Waals surface area contributed by atoms with Gasteiger partial charge in [-0.05, 0) is 26.0 Å². The molecular weight excluding hydrogens is 240 g/mol. The van der Waals surface area contributed by atoms with Crippen molar-refractivity contribution in [3.63, 3.8) is 0 Å². The van der Waals surface area contributed by atoms with Crippen LogP contribution in [-0.2, 0) is 5.41 Å². The smallest absolute Gasteiger partial charge is 0.233 e. The van der Waals surface area contributed by atoms with E-state index in [9.17, 15) is 0 Å². The summed E-state index contributed by atoms with van der Waals surface area (Å²) in [4.78, 5) is 8.33. The van der Waals surface area contributed by atoms with Gasteiger partial charge in [-0.3, -0.25) is 4.98 Å². The zero-order valence-electron chi connectivity index (χ0n) is 9.75. The van der Waals surface area contributed by atoms with E-state index in [1.165, 1.54) is 0 Å². The van der Waals surface area contributed by atoms with Crippen LogP contribution in [0, 0.1) is 0 Å². The number of halogens is 1. The van der Waals surface area contributed by atoms with E-state index in [2.05, 4.69) is 15.1 Å². The van der Waals surface area contributed by atoms with Crippen LogP contribution in [0.2, 0.25) is 0 Å². The molecule has 2 N–H and O–H groups in total. The van der Waals surface area contributed by atoms with Crippen LogP contribution in [-0.4, -0.2) is 21.7 Å². The molecule has 0 radical (unpaired) electrons. The zero-order valence-corrected chi connectivity index (χ0v) is 10.6. The molecule has 0 bridgehead atoms. The zero-order chi connectivity index (χ0) is 11.6. The minimum absolute atomic E-state index is 0. The van der Waals surface area contributed by atoms with Crippen molar-refractivity contribution in [2.75, 3.05) is 6.54 Å². The first-order valence-corrected chi connectivity index (χ1v) is 5.08. The average Bonchev–Trinajstić information content (AvgIpc) is 2.80. The maximum Gasteiger partial charge on any atom is 0.233 e. The predicted molar refractivity (Wildman–Crippen MR) is 66.9 cm³/mol. The fraction of sp³-hybridized carbons (Fsp3) is 0.364. The molecule has 2 rings (SSSR count). The molecule has 5 nitrogen and oxygen atoms in total. The van der Waals surface area contributed by atoms with Crippen molar-refractivity contribution in [2.45, 2.75) is 19.3 Å². The summed E-state index contributed by atoms with van der Waals surface area (Å²) >= 11 is 0. The molecule has 2 aromatic rings. The largest absolute Gasteiger partial charge is 0.338 e. The fourth-order valence-electron chi connectivity index (χ4n) is 1.20. The van der Waals surface area contributed by atoms with Crippen LogP contribution >= 0.6 is 12.4 Å². The van der Waals surface area contributed by atoms with Crippen molar-refractivity contribution in [3.05, 3.63) is 30.4 Å². The monoisotopic (exact) mass is 254 g/mol. The second-order valence-corrected chi connectivity index (χ2v) is 4.25. The number of hydrogen-bond donors (Lipinski definition) is 1. The predicted octanol–water partition coefficient (Wildman–Crippen LogP) is 1.79. The van der Waals surface area contributed by atoms with Crippen molar-refractivity contribution in [1.29, 1.82) is 0 Å². The summed E-state index contributed by atoms with van der Waals surface area (Å²) in [5, 5.41) is 3.92. The lowest BCUT2D eigenvalue weighted by molar-refractivity contribution is 0.311. The van der Waals surface area contributed by atoms with E-state index in [1.54, 1.807) is 12.4 Å². The second-order valence-electron chi connectivity index (χ2n) is 4.25. The minimum Gasteiger partial charge on any atom is -0.338 e. The summed E-state index contributed by atoms with van der Waals surface area (Å²) in [6, 6.07) is 3.72. The molecule has 0 aliphatic carbocycles. The van der Waals surface area contributed by atoms with Crippen LogP contribution in [0.3, 0.4) is 0 Å². The van der Waals surface area contributed by atoms with Gasteiger partial charge < -0.3 is 10.3 Å². The van der Waals surface area contributed by atoms with Crippen LogP contribution in [0.1, 0.15) is 19.7 Å². The second kappa shape index (κ2) is 5.25. The van der Waals surface area contributed by atoms with E-state index >= 15 is 0 Å². The number of aromatic nitrogens is 3. The lowest BCUT2D eigenvalue weighted by atomic mass is 9.94. The molecule has 0 saturated heterocycles. The summed E-state index contributed by atoms with van der Waals surface area (Å²) < 4.78 is 5.21. The maximum atomic E-state index is 5.65. The molecule has 2 aromatic heterocycles. The van der Waals surface area contributed by atoms with Crippen LogP contribution in [0.4, 0.5) is 0 Å². The number of hydrogen-bond acceptors (Lipinski definition) is 5. The summed E-state index contributed by atoms with van der Waals surface area (Å²) in [6.07, 6.45) is 3.40. The Morgan fingerprint density at radius 2 is 2.18 bits per heavy atom. The Morgan fingerprint density at radius 3 is 2.76 bits per heavy atom. The SMILES string of the molecule is CC(C)(CN)c1nc(-c2cccnc2)no1.Cl. The van der Waals surface area contributed by atoms with Crippen molar-refractivity contribution in [3.8, 4) is 11.4 Å². The molecule has 0 aromatic carbocycles. The highest BCUT2D eigenvalue weighted by Crippen LogP contribution is 2.22. The molecule has 0 fully saturated rings. The third kappa shape index (κ3) is 2.81. The Balaban J connectivity index is 0.00000144. The van der Waals surface area contributed by atoms with E-state index in [4.69, 9.17) is 10.3 Å². The van der Waals surface area contributed by atoms with Gasteiger partial charge in [-0.2, -0.15) is 4.98 Å². The van der Waals surface area contributed by atoms with Crippen LogP contribution in [0.15, 0.2) is 29.0 Å². The van der Waals surface area contributed by atoms with E-state index < -0.39 is 0 Å². The average molecular weight is 255 g/mol. The Kier molecular flexibility index (Phi) is 4.20. The van der Waals surface area contributed by atoms with Crippen molar-refractivity contribution in [2.24, 2.45) is 5.73 Å². The van der Waals surface area contributed by atoms with Gasteiger partial charge in [0.25, 0.3) is 0 Å². The lowest BCUT2D eigenvalue weighted by Gasteiger charge is -2.15. The van der Waals surface area contributed by atoms with Gasteiger partial charge >= 0.3 is 0 Å². The van der Waals surface area contributed by atoms with E-state index in [0.29, 0.717) is 18.3 Å². The van der Waals surface area contributed by atoms with E-state index in [0.717, 1.165) is 5.56 Å². The Bertz CT molecular complexity index is 469. The Morgan fingerprint density at radius 1 is 1.41 bits per heavy atom. The summed E-state index contributed by atoms with van der Waals surface area (Å²) in [5.41, 5.74) is 6.19. The fourth-order valence-corrected chi connectivity index (χ4v) is 1.20. The molecule has 17 heavy (non-hydrogen) atoms. The summed E-state index contributed by atoms with van der Waals surface area (Å²) in [6.45, 7) is 4.39. The van der Waals surface area contributed by atoms with Gasteiger partial charge in [-0.15, -0.1) is 12.4 Å². The summed E-state index contributed by atoms with van der Waals surface area (Å²) in [7, 11) is 0. The molecule has 0 amide bonds. The highest BCUT2D eigenvalue weighted by Gasteiger charge is 2.26. The van der Waals surface area contributed by atoms with Gasteiger partial charge in [-0.1, -0.05) is 5.16 Å². The number of nitrogens with zero attached hydrogens (tertiary/aromatic N) is 3. The number of rotatable bonds is 3. The van der Waals surface area contributed by atoms with Crippen LogP contribution in [0.25, 0.3) is 11.4 Å². The first kappa shape index (κ1) is 13.6. The van der Waals surface area contributed by atoms with Crippen molar-refractivity contribution < 1.29 is 4.52 Å². The molecular formula is C11H15ClN4O. The van der Waals surface area contributed by atoms with Gasteiger partial charge in [0.2, 0.25) is 11.7 Å². The first-order chi connectivity index (χ1) is 7.63. The topological polar surface area (TPSA) is 77.8 Å². The molecule has 0 unspecified atom stereocenters. The standard InChI is InChI=1S/C11H14N4O.ClH/c1-11(2,7-12)10-14-9(15-16-10)8-4-3-5-13-6-8;/h3-6H,7,12H2,1-2H3;1H.